The Hall–Kier alpha value is -0.0800. The van der Waals surface area contributed by atoms with E-state index in [0.29, 0.717) is 12.3 Å². The van der Waals surface area contributed by atoms with Crippen LogP contribution in [-0.2, 0) is 0 Å². The number of hydrogen-bond acceptors (Lipinski definition) is 2. The number of rotatable bonds is 0. The number of hydrogen-bond donors (Lipinski definition) is 2. The zero-order chi connectivity index (χ0) is 6.85. The van der Waals surface area contributed by atoms with Crippen molar-refractivity contribution in [2.24, 2.45) is 5.92 Å². The van der Waals surface area contributed by atoms with E-state index in [2.05, 4.69) is 0 Å². The molecule has 0 heterocycles. The first-order valence-corrected chi connectivity index (χ1v) is 3.56. The minimum Gasteiger partial charge on any atom is -0.393 e. The molecule has 1 rings (SSSR count). The van der Waals surface area contributed by atoms with Crippen LogP contribution in [0.1, 0.15) is 26.2 Å². The Morgan fingerprint density at radius 3 is 2.33 bits per heavy atom. The van der Waals surface area contributed by atoms with Crippen molar-refractivity contribution in [1.82, 2.24) is 0 Å². The maximum absolute atomic E-state index is 9.19. The van der Waals surface area contributed by atoms with Gasteiger partial charge in [0.25, 0.3) is 0 Å². The maximum atomic E-state index is 9.19. The van der Waals surface area contributed by atoms with Gasteiger partial charge in [0, 0.05) is 0 Å². The molecular formula is C7H14O2. The Bertz CT molecular complexity index is 92.9. The Morgan fingerprint density at radius 2 is 1.89 bits per heavy atom. The summed E-state index contributed by atoms with van der Waals surface area (Å²) in [5.41, 5.74) is 0. The van der Waals surface area contributed by atoms with Crippen molar-refractivity contribution in [1.29, 1.82) is 0 Å². The van der Waals surface area contributed by atoms with Crippen LogP contribution in [0.2, 0.25) is 0 Å². The molecule has 3 atom stereocenters. The SMILES string of the molecule is CC1CCC(O)C[C@H]1O. The van der Waals surface area contributed by atoms with Crippen LogP contribution in [0.4, 0.5) is 0 Å². The summed E-state index contributed by atoms with van der Waals surface area (Å²) in [5, 5.41) is 18.2. The highest BCUT2D eigenvalue weighted by Gasteiger charge is 2.23. The third-order valence-electron chi connectivity index (χ3n) is 2.13. The first-order chi connectivity index (χ1) is 4.20. The van der Waals surface area contributed by atoms with Crippen LogP contribution in [0, 0.1) is 5.92 Å². The lowest BCUT2D eigenvalue weighted by molar-refractivity contribution is 0.00730. The van der Waals surface area contributed by atoms with Gasteiger partial charge in [0.1, 0.15) is 0 Å². The van der Waals surface area contributed by atoms with Crippen LogP contribution in [0.25, 0.3) is 0 Å². The molecule has 0 amide bonds. The van der Waals surface area contributed by atoms with E-state index in [4.69, 9.17) is 5.11 Å². The van der Waals surface area contributed by atoms with Crippen molar-refractivity contribution in [3.63, 3.8) is 0 Å². The molecule has 1 saturated carbocycles. The van der Waals surface area contributed by atoms with Crippen molar-refractivity contribution >= 4 is 0 Å². The van der Waals surface area contributed by atoms with Crippen LogP contribution in [0.15, 0.2) is 0 Å². The minimum absolute atomic E-state index is 0.254. The van der Waals surface area contributed by atoms with Crippen molar-refractivity contribution in [2.75, 3.05) is 0 Å². The largest absolute Gasteiger partial charge is 0.393 e. The molecule has 2 unspecified atom stereocenters. The van der Waals surface area contributed by atoms with Crippen molar-refractivity contribution in [3.05, 3.63) is 0 Å². The lowest BCUT2D eigenvalue weighted by atomic mass is 9.86. The quantitative estimate of drug-likeness (QED) is 0.502. The summed E-state index contributed by atoms with van der Waals surface area (Å²) in [4.78, 5) is 0. The van der Waals surface area contributed by atoms with Gasteiger partial charge in [-0.3, -0.25) is 0 Å². The molecule has 0 saturated heterocycles. The molecule has 1 aliphatic rings. The molecule has 0 radical (unpaired) electrons. The molecule has 0 aromatic heterocycles. The molecule has 1 aliphatic carbocycles. The van der Waals surface area contributed by atoms with Gasteiger partial charge in [-0.1, -0.05) is 6.92 Å². The second-order valence-electron chi connectivity index (χ2n) is 3.01. The zero-order valence-electron chi connectivity index (χ0n) is 5.75. The summed E-state index contributed by atoms with van der Waals surface area (Å²) >= 11 is 0. The molecule has 2 nitrogen and oxygen atoms in total. The monoisotopic (exact) mass is 130 g/mol. The van der Waals surface area contributed by atoms with Crippen LogP contribution in [0.5, 0.6) is 0 Å². The van der Waals surface area contributed by atoms with E-state index in [9.17, 15) is 5.11 Å². The summed E-state index contributed by atoms with van der Waals surface area (Å²) in [5.74, 6) is 0.383. The van der Waals surface area contributed by atoms with Crippen molar-refractivity contribution in [2.45, 2.75) is 38.4 Å². The van der Waals surface area contributed by atoms with E-state index in [-0.39, 0.29) is 12.2 Å². The molecule has 0 spiro atoms. The molecule has 0 bridgehead atoms. The molecule has 2 heteroatoms. The first kappa shape index (κ1) is 7.03. The highest BCUT2D eigenvalue weighted by molar-refractivity contribution is 4.75. The highest BCUT2D eigenvalue weighted by Crippen LogP contribution is 2.23. The van der Waals surface area contributed by atoms with Gasteiger partial charge in [0.15, 0.2) is 0 Å². The Balaban J connectivity index is 2.35. The Kier molecular flexibility index (Phi) is 2.09. The number of aliphatic hydroxyl groups excluding tert-OH is 2. The summed E-state index contributed by atoms with van der Waals surface area (Å²) in [7, 11) is 0. The van der Waals surface area contributed by atoms with Crippen molar-refractivity contribution < 1.29 is 10.2 Å². The summed E-state index contributed by atoms with van der Waals surface area (Å²) < 4.78 is 0. The van der Waals surface area contributed by atoms with Crippen LogP contribution >= 0.6 is 0 Å². The van der Waals surface area contributed by atoms with E-state index >= 15 is 0 Å². The van der Waals surface area contributed by atoms with E-state index in [1.807, 2.05) is 6.92 Å². The van der Waals surface area contributed by atoms with Crippen LogP contribution in [-0.4, -0.2) is 22.4 Å². The lowest BCUT2D eigenvalue weighted by Gasteiger charge is -2.27. The summed E-state index contributed by atoms with van der Waals surface area (Å²) in [6.45, 7) is 2.02. The van der Waals surface area contributed by atoms with Gasteiger partial charge in [0.05, 0.1) is 12.2 Å². The second kappa shape index (κ2) is 2.67. The average molecular weight is 130 g/mol. The second-order valence-corrected chi connectivity index (χ2v) is 3.01. The average Bonchev–Trinajstić information content (AvgIpc) is 1.80. The normalized spacial score (nSPS) is 45.0. The van der Waals surface area contributed by atoms with Gasteiger partial charge >= 0.3 is 0 Å². The van der Waals surface area contributed by atoms with Gasteiger partial charge < -0.3 is 10.2 Å². The van der Waals surface area contributed by atoms with Gasteiger partial charge in [-0.25, -0.2) is 0 Å². The van der Waals surface area contributed by atoms with E-state index < -0.39 is 0 Å². The van der Waals surface area contributed by atoms with E-state index in [0.717, 1.165) is 12.8 Å². The predicted octanol–water partition coefficient (Wildman–Crippen LogP) is 0.528. The zero-order valence-corrected chi connectivity index (χ0v) is 5.75. The van der Waals surface area contributed by atoms with Crippen LogP contribution in [0.3, 0.4) is 0 Å². The molecule has 9 heavy (non-hydrogen) atoms. The standard InChI is InChI=1S/C7H14O2/c1-5-2-3-6(8)4-7(5)9/h5-9H,2-4H2,1H3/t5?,6?,7-/m1/s1. The summed E-state index contributed by atoms with van der Waals surface area (Å²) in [6, 6.07) is 0. The van der Waals surface area contributed by atoms with E-state index in [1.54, 1.807) is 0 Å². The molecule has 54 valence electrons. The fourth-order valence-corrected chi connectivity index (χ4v) is 1.28. The molecule has 0 aromatic rings. The van der Waals surface area contributed by atoms with E-state index in [1.165, 1.54) is 0 Å². The van der Waals surface area contributed by atoms with Gasteiger partial charge in [0.2, 0.25) is 0 Å². The summed E-state index contributed by atoms with van der Waals surface area (Å²) in [6.07, 6.45) is 1.87. The Labute approximate surface area is 55.5 Å². The molecular weight excluding hydrogens is 116 g/mol. The minimum atomic E-state index is -0.270. The van der Waals surface area contributed by atoms with Crippen LogP contribution < -0.4 is 0 Å². The van der Waals surface area contributed by atoms with Crippen molar-refractivity contribution in [3.8, 4) is 0 Å². The predicted molar refractivity (Wildman–Crippen MR) is 35.0 cm³/mol. The molecule has 0 aliphatic heterocycles. The third-order valence-corrected chi connectivity index (χ3v) is 2.13. The van der Waals surface area contributed by atoms with Gasteiger partial charge in [-0.2, -0.15) is 0 Å². The number of aliphatic hydroxyl groups is 2. The van der Waals surface area contributed by atoms with Gasteiger partial charge in [-0.15, -0.1) is 0 Å². The first-order valence-electron chi connectivity index (χ1n) is 3.56. The fraction of sp³-hybridized carbons (Fsp3) is 1.00. The maximum Gasteiger partial charge on any atom is 0.0590 e. The molecule has 1 fully saturated rings. The third kappa shape index (κ3) is 1.66. The lowest BCUT2D eigenvalue weighted by Crippen LogP contribution is -2.29. The smallest absolute Gasteiger partial charge is 0.0590 e. The Morgan fingerprint density at radius 1 is 1.22 bits per heavy atom. The molecule has 0 aromatic carbocycles. The highest BCUT2D eigenvalue weighted by atomic mass is 16.3. The molecule has 2 N–H and O–H groups in total. The van der Waals surface area contributed by atoms with Gasteiger partial charge in [-0.05, 0) is 25.2 Å². The fourth-order valence-electron chi connectivity index (χ4n) is 1.28. The topological polar surface area (TPSA) is 40.5 Å².